The molecule has 0 fully saturated rings. The molecule has 2 aromatic rings. The normalized spacial score (nSPS) is 10.8. The van der Waals surface area contributed by atoms with Crippen molar-refractivity contribution < 1.29 is 0 Å². The lowest BCUT2D eigenvalue weighted by molar-refractivity contribution is 0.788. The van der Waals surface area contributed by atoms with E-state index in [1.54, 1.807) is 10.9 Å². The summed E-state index contributed by atoms with van der Waals surface area (Å²) in [6.07, 6.45) is 1.67. The largest absolute Gasteiger partial charge is 0.383 e. The second kappa shape index (κ2) is 2.45. The molecule has 2 aromatic heterocycles. The van der Waals surface area contributed by atoms with Crippen LogP contribution in [0.15, 0.2) is 16.9 Å². The molecule has 12 heavy (non-hydrogen) atoms. The first-order valence-electron chi connectivity index (χ1n) is 3.43. The predicted octanol–water partition coefficient (Wildman–Crippen LogP) is 1.31. The fourth-order valence-corrected chi connectivity index (χ4v) is 1.83. The van der Waals surface area contributed by atoms with Gasteiger partial charge in [-0.05, 0) is 22.0 Å². The summed E-state index contributed by atoms with van der Waals surface area (Å²) in [6.45, 7) is 0. The molecule has 4 nitrogen and oxygen atoms in total. The number of hydrogen-bond donors (Lipinski definition) is 1. The SMILES string of the molecule is Cn1nc(Br)c2c(N)nccc21. The van der Waals surface area contributed by atoms with E-state index < -0.39 is 0 Å². The summed E-state index contributed by atoms with van der Waals surface area (Å²) < 4.78 is 2.50. The van der Waals surface area contributed by atoms with Crippen LogP contribution in [0.2, 0.25) is 0 Å². The number of aromatic nitrogens is 3. The number of halogens is 1. The summed E-state index contributed by atoms with van der Waals surface area (Å²) in [5, 5.41) is 5.04. The number of aryl methyl sites for hydroxylation is 1. The Morgan fingerprint density at radius 2 is 2.33 bits per heavy atom. The third-order valence-electron chi connectivity index (χ3n) is 1.75. The van der Waals surface area contributed by atoms with Crippen LogP contribution in [0.5, 0.6) is 0 Å². The first-order valence-corrected chi connectivity index (χ1v) is 4.22. The highest BCUT2D eigenvalue weighted by Gasteiger charge is 2.08. The van der Waals surface area contributed by atoms with E-state index in [0.717, 1.165) is 15.5 Å². The number of pyridine rings is 1. The van der Waals surface area contributed by atoms with E-state index in [9.17, 15) is 0 Å². The van der Waals surface area contributed by atoms with Crippen LogP contribution < -0.4 is 5.73 Å². The Morgan fingerprint density at radius 1 is 1.58 bits per heavy atom. The summed E-state index contributed by atoms with van der Waals surface area (Å²) in [6, 6.07) is 1.88. The highest BCUT2D eigenvalue weighted by atomic mass is 79.9. The van der Waals surface area contributed by atoms with Gasteiger partial charge < -0.3 is 5.73 Å². The maximum absolute atomic E-state index is 5.68. The quantitative estimate of drug-likeness (QED) is 0.738. The minimum atomic E-state index is 0.507. The molecule has 0 spiro atoms. The molecule has 0 saturated heterocycles. The number of nitrogens with two attached hydrogens (primary N) is 1. The molecule has 0 amide bonds. The van der Waals surface area contributed by atoms with Gasteiger partial charge >= 0.3 is 0 Å². The topological polar surface area (TPSA) is 56.7 Å². The Morgan fingerprint density at radius 3 is 3.00 bits per heavy atom. The molecular formula is C7H7BrN4. The highest BCUT2D eigenvalue weighted by Crippen LogP contribution is 2.25. The van der Waals surface area contributed by atoms with Crippen LogP contribution in [0, 0.1) is 0 Å². The lowest BCUT2D eigenvalue weighted by Crippen LogP contribution is -1.91. The Hall–Kier alpha value is -1.10. The van der Waals surface area contributed by atoms with Crippen molar-refractivity contribution in [2.45, 2.75) is 0 Å². The summed E-state index contributed by atoms with van der Waals surface area (Å²) in [5.41, 5.74) is 6.66. The van der Waals surface area contributed by atoms with Crippen LogP contribution in [0.3, 0.4) is 0 Å². The molecule has 0 bridgehead atoms. The molecule has 2 heterocycles. The molecule has 0 aliphatic carbocycles. The van der Waals surface area contributed by atoms with Crippen LogP contribution in [-0.2, 0) is 7.05 Å². The molecule has 0 saturated carbocycles. The number of anilines is 1. The summed E-state index contributed by atoms with van der Waals surface area (Å²) >= 11 is 3.32. The zero-order chi connectivity index (χ0) is 8.72. The van der Waals surface area contributed by atoms with Crippen LogP contribution in [0.1, 0.15) is 0 Å². The van der Waals surface area contributed by atoms with Crippen molar-refractivity contribution in [3.05, 3.63) is 16.9 Å². The number of rotatable bonds is 0. The first-order chi connectivity index (χ1) is 5.70. The van der Waals surface area contributed by atoms with Crippen LogP contribution in [-0.4, -0.2) is 14.8 Å². The van der Waals surface area contributed by atoms with Gasteiger partial charge in [0.25, 0.3) is 0 Å². The zero-order valence-electron chi connectivity index (χ0n) is 6.45. The Labute approximate surface area is 77.5 Å². The van der Waals surface area contributed by atoms with Gasteiger partial charge in [0.2, 0.25) is 0 Å². The molecule has 62 valence electrons. The van der Waals surface area contributed by atoms with E-state index in [2.05, 4.69) is 26.0 Å². The van der Waals surface area contributed by atoms with Crippen molar-refractivity contribution in [2.75, 3.05) is 5.73 Å². The third kappa shape index (κ3) is 0.896. The van der Waals surface area contributed by atoms with Gasteiger partial charge in [-0.25, -0.2) is 4.98 Å². The fraction of sp³-hybridized carbons (Fsp3) is 0.143. The van der Waals surface area contributed by atoms with Gasteiger partial charge in [0.1, 0.15) is 10.4 Å². The minimum Gasteiger partial charge on any atom is -0.383 e. The fourth-order valence-electron chi connectivity index (χ4n) is 1.18. The second-order valence-corrected chi connectivity index (χ2v) is 3.26. The molecule has 2 rings (SSSR count). The lowest BCUT2D eigenvalue weighted by atomic mass is 10.3. The number of hydrogen-bond acceptors (Lipinski definition) is 3. The van der Waals surface area contributed by atoms with E-state index in [4.69, 9.17) is 5.73 Å². The van der Waals surface area contributed by atoms with Crippen molar-refractivity contribution in [1.29, 1.82) is 0 Å². The average molecular weight is 227 g/mol. The Kier molecular flexibility index (Phi) is 1.54. The molecule has 2 N–H and O–H groups in total. The monoisotopic (exact) mass is 226 g/mol. The van der Waals surface area contributed by atoms with E-state index in [1.165, 1.54) is 0 Å². The molecule has 5 heteroatoms. The molecule has 0 radical (unpaired) electrons. The number of nitrogen functional groups attached to an aromatic ring is 1. The smallest absolute Gasteiger partial charge is 0.139 e. The van der Waals surface area contributed by atoms with Crippen LogP contribution >= 0.6 is 15.9 Å². The molecule has 0 unspecified atom stereocenters. The van der Waals surface area contributed by atoms with Crippen LogP contribution in [0.4, 0.5) is 5.82 Å². The van der Waals surface area contributed by atoms with E-state index in [0.29, 0.717) is 5.82 Å². The van der Waals surface area contributed by atoms with Crippen molar-refractivity contribution in [3.8, 4) is 0 Å². The summed E-state index contributed by atoms with van der Waals surface area (Å²) in [7, 11) is 1.87. The predicted molar refractivity (Wildman–Crippen MR) is 50.6 cm³/mol. The number of fused-ring (bicyclic) bond motifs is 1. The molecule has 0 aliphatic heterocycles. The van der Waals surface area contributed by atoms with E-state index >= 15 is 0 Å². The van der Waals surface area contributed by atoms with Gasteiger partial charge in [-0.3, -0.25) is 4.68 Å². The second-order valence-electron chi connectivity index (χ2n) is 2.50. The van der Waals surface area contributed by atoms with Crippen molar-refractivity contribution >= 4 is 32.7 Å². The molecule has 0 atom stereocenters. The molecule has 0 aliphatic rings. The lowest BCUT2D eigenvalue weighted by Gasteiger charge is -1.94. The Bertz CT molecular complexity index is 434. The molecular weight excluding hydrogens is 220 g/mol. The third-order valence-corrected chi connectivity index (χ3v) is 2.31. The maximum atomic E-state index is 5.68. The van der Waals surface area contributed by atoms with Crippen molar-refractivity contribution in [3.63, 3.8) is 0 Å². The molecule has 0 aromatic carbocycles. The first kappa shape index (κ1) is 7.54. The summed E-state index contributed by atoms with van der Waals surface area (Å²) in [5.74, 6) is 0.507. The zero-order valence-corrected chi connectivity index (χ0v) is 8.04. The van der Waals surface area contributed by atoms with Gasteiger partial charge in [0.15, 0.2) is 0 Å². The Balaban J connectivity index is 2.99. The average Bonchev–Trinajstić information content (AvgIpc) is 2.29. The number of nitrogens with zero attached hydrogens (tertiary/aromatic N) is 3. The summed E-state index contributed by atoms with van der Waals surface area (Å²) in [4.78, 5) is 3.98. The van der Waals surface area contributed by atoms with Gasteiger partial charge in [-0.2, -0.15) is 5.10 Å². The van der Waals surface area contributed by atoms with Crippen molar-refractivity contribution in [1.82, 2.24) is 14.8 Å². The standard InChI is InChI=1S/C7H7BrN4/c1-12-4-2-3-10-7(9)5(4)6(8)11-12/h2-3H,1H3,(H2,9,10). The van der Waals surface area contributed by atoms with Gasteiger partial charge in [-0.1, -0.05) is 0 Å². The van der Waals surface area contributed by atoms with E-state index in [1.807, 2.05) is 13.1 Å². The maximum Gasteiger partial charge on any atom is 0.139 e. The van der Waals surface area contributed by atoms with Crippen LogP contribution in [0.25, 0.3) is 10.9 Å². The van der Waals surface area contributed by atoms with Gasteiger partial charge in [0, 0.05) is 13.2 Å². The van der Waals surface area contributed by atoms with Gasteiger partial charge in [0.05, 0.1) is 10.9 Å². The van der Waals surface area contributed by atoms with E-state index in [-0.39, 0.29) is 0 Å². The highest BCUT2D eigenvalue weighted by molar-refractivity contribution is 9.10. The van der Waals surface area contributed by atoms with Crippen molar-refractivity contribution in [2.24, 2.45) is 7.05 Å². The minimum absolute atomic E-state index is 0.507. The van der Waals surface area contributed by atoms with Gasteiger partial charge in [-0.15, -0.1) is 0 Å².